The minimum Gasteiger partial charge on any atom is -0.507 e. The summed E-state index contributed by atoms with van der Waals surface area (Å²) >= 11 is 0. The first kappa shape index (κ1) is 38.1. The van der Waals surface area contributed by atoms with Crippen molar-refractivity contribution in [1.82, 2.24) is 0 Å². The molecule has 8 nitrogen and oxygen atoms in total. The Labute approximate surface area is 251 Å². The monoisotopic (exact) mass is 586 g/mol. The van der Waals surface area contributed by atoms with Gasteiger partial charge in [-0.1, -0.05) is 79.0 Å². The van der Waals surface area contributed by atoms with Crippen molar-refractivity contribution in [3.05, 3.63) is 83.3 Å². The molecule has 0 saturated carbocycles. The summed E-state index contributed by atoms with van der Waals surface area (Å²) < 4.78 is 9.45. The van der Waals surface area contributed by atoms with E-state index < -0.39 is 11.9 Å². The fourth-order valence-corrected chi connectivity index (χ4v) is 3.70. The summed E-state index contributed by atoms with van der Waals surface area (Å²) in [5.74, 6) is -1.25. The van der Waals surface area contributed by atoms with Crippen LogP contribution in [0.3, 0.4) is 0 Å². The second-order valence-electron chi connectivity index (χ2n) is 12.0. The molecule has 0 amide bonds. The molecule has 0 saturated heterocycles. The number of ether oxygens (including phenoxy) is 2. The first-order valence-corrected chi connectivity index (χ1v) is 13.9. The number of rotatable bonds is 11. The lowest BCUT2D eigenvalue weighted by Gasteiger charge is -2.21. The third kappa shape index (κ3) is 14.6. The average molecular weight is 587 g/mol. The normalized spacial score (nSPS) is 10.8. The minimum atomic E-state index is -0.844. The molecule has 0 radical (unpaired) electrons. The molecule has 0 aromatic heterocycles. The van der Waals surface area contributed by atoms with Crippen molar-refractivity contribution < 1.29 is 39.5 Å². The van der Waals surface area contributed by atoms with Crippen LogP contribution in [0.4, 0.5) is 0 Å². The molecule has 0 bridgehead atoms. The highest BCUT2D eigenvalue weighted by Crippen LogP contribution is 2.32. The van der Waals surface area contributed by atoms with Crippen molar-refractivity contribution in [2.45, 2.75) is 91.9 Å². The van der Waals surface area contributed by atoms with Gasteiger partial charge in [0.15, 0.2) is 0 Å². The summed E-state index contributed by atoms with van der Waals surface area (Å²) in [6.45, 7) is 24.1. The van der Waals surface area contributed by atoms with E-state index in [1.165, 1.54) is 12.5 Å². The number of carbonyl (C=O) groups is 2. The van der Waals surface area contributed by atoms with E-state index >= 15 is 0 Å². The van der Waals surface area contributed by atoms with Gasteiger partial charge in [-0.05, 0) is 70.9 Å². The van der Waals surface area contributed by atoms with Crippen LogP contribution in [0.15, 0.2) is 49.9 Å². The van der Waals surface area contributed by atoms with E-state index in [4.69, 9.17) is 19.7 Å². The van der Waals surface area contributed by atoms with Gasteiger partial charge in [-0.2, -0.15) is 0 Å². The summed E-state index contributed by atoms with van der Waals surface area (Å²) in [4.78, 5) is 21.1. The molecule has 2 aromatic rings. The molecule has 4 N–H and O–H groups in total. The Kier molecular flexibility index (Phi) is 16.1. The molecular formula is C34H50O8. The predicted octanol–water partition coefficient (Wildman–Crippen LogP) is 7.34. The van der Waals surface area contributed by atoms with Gasteiger partial charge in [-0.15, -0.1) is 0 Å². The topological polar surface area (TPSA) is 134 Å². The fourth-order valence-electron chi connectivity index (χ4n) is 3.70. The second-order valence-corrected chi connectivity index (χ2v) is 12.0. The Morgan fingerprint density at radius 2 is 1.00 bits per heavy atom. The van der Waals surface area contributed by atoms with E-state index in [2.05, 4.69) is 54.7 Å². The van der Waals surface area contributed by atoms with Gasteiger partial charge in [0.1, 0.15) is 24.7 Å². The van der Waals surface area contributed by atoms with Gasteiger partial charge in [0, 0.05) is 12.8 Å². The molecule has 0 spiro atoms. The Morgan fingerprint density at radius 1 is 0.690 bits per heavy atom. The number of carboxylic acid groups (broad SMARTS) is 2. The van der Waals surface area contributed by atoms with Crippen LogP contribution >= 0.6 is 0 Å². The maximum absolute atomic E-state index is 10.6. The molecule has 42 heavy (non-hydrogen) atoms. The standard InChI is InChI=1S/2C14H20O3.C6H10O2/c2*1-9-7-11(14(2,3)4)8-10(13(9)17)5-6-12(15)16;1-3-7-5-6-8-4-2/h2*7-8,17H,5-6H2,1-4H3,(H,15,16);3-4H,1-2,5-6H2. The van der Waals surface area contributed by atoms with Crippen LogP contribution in [0, 0.1) is 13.8 Å². The lowest BCUT2D eigenvalue weighted by atomic mass is 9.84. The number of aromatic hydroxyl groups is 2. The van der Waals surface area contributed by atoms with Crippen molar-refractivity contribution in [3.8, 4) is 11.5 Å². The zero-order valence-electron chi connectivity index (χ0n) is 26.5. The molecule has 2 aromatic carbocycles. The SMILES string of the molecule is C=COCCOC=C.Cc1cc(C(C)(C)C)cc(CCC(=O)O)c1O.Cc1cc(C(C)(C)C)cc(CCC(=O)O)c1O. The average Bonchev–Trinajstić information content (AvgIpc) is 2.87. The molecule has 2 rings (SSSR count). The van der Waals surface area contributed by atoms with E-state index in [9.17, 15) is 19.8 Å². The van der Waals surface area contributed by atoms with Crippen LogP contribution < -0.4 is 0 Å². The number of aliphatic carboxylic acids is 2. The third-order valence-electron chi connectivity index (χ3n) is 6.26. The van der Waals surface area contributed by atoms with Crippen LogP contribution in [0.2, 0.25) is 0 Å². The Balaban J connectivity index is 0.000000642. The highest BCUT2D eigenvalue weighted by Gasteiger charge is 2.18. The largest absolute Gasteiger partial charge is 0.507 e. The molecule has 234 valence electrons. The van der Waals surface area contributed by atoms with Crippen molar-refractivity contribution in [3.63, 3.8) is 0 Å². The van der Waals surface area contributed by atoms with Crippen LogP contribution in [-0.4, -0.2) is 45.6 Å². The predicted molar refractivity (Wildman–Crippen MR) is 167 cm³/mol. The number of carboxylic acids is 2. The van der Waals surface area contributed by atoms with Gasteiger partial charge in [0.25, 0.3) is 0 Å². The maximum atomic E-state index is 10.6. The summed E-state index contributed by atoms with van der Waals surface area (Å²) in [6.07, 6.45) is 3.58. The Hall–Kier alpha value is -3.94. The van der Waals surface area contributed by atoms with E-state index in [-0.39, 0.29) is 35.2 Å². The van der Waals surface area contributed by atoms with Crippen LogP contribution in [0.25, 0.3) is 0 Å². The van der Waals surface area contributed by atoms with E-state index in [1.807, 2.05) is 38.1 Å². The third-order valence-corrected chi connectivity index (χ3v) is 6.26. The quantitative estimate of drug-likeness (QED) is 0.159. The van der Waals surface area contributed by atoms with Gasteiger partial charge in [-0.3, -0.25) is 9.59 Å². The van der Waals surface area contributed by atoms with E-state index in [0.717, 1.165) is 33.4 Å². The zero-order chi connectivity index (χ0) is 32.7. The Morgan fingerprint density at radius 3 is 1.24 bits per heavy atom. The molecule has 0 unspecified atom stereocenters. The number of hydrogen-bond donors (Lipinski definition) is 4. The van der Waals surface area contributed by atoms with Crippen molar-refractivity contribution in [2.24, 2.45) is 0 Å². The van der Waals surface area contributed by atoms with Crippen LogP contribution in [-0.2, 0) is 42.7 Å². The summed E-state index contributed by atoms with van der Waals surface area (Å²) in [7, 11) is 0. The molecule has 0 aliphatic rings. The summed E-state index contributed by atoms with van der Waals surface area (Å²) in [6, 6.07) is 7.73. The number of aryl methyl sites for hydroxylation is 4. The van der Waals surface area contributed by atoms with Crippen molar-refractivity contribution >= 4 is 11.9 Å². The number of phenolic OH excluding ortho intramolecular Hbond substituents is 2. The number of phenols is 2. The summed E-state index contributed by atoms with van der Waals surface area (Å²) in [5.41, 5.74) is 5.28. The zero-order valence-corrected chi connectivity index (χ0v) is 26.5. The maximum Gasteiger partial charge on any atom is 0.303 e. The molecule has 0 heterocycles. The molecular weight excluding hydrogens is 536 g/mol. The number of benzene rings is 2. The van der Waals surface area contributed by atoms with Crippen LogP contribution in [0.5, 0.6) is 11.5 Å². The minimum absolute atomic E-state index is 0.00354. The Bertz CT molecular complexity index is 1090. The smallest absolute Gasteiger partial charge is 0.303 e. The van der Waals surface area contributed by atoms with E-state index in [1.54, 1.807) is 0 Å². The lowest BCUT2D eigenvalue weighted by Crippen LogP contribution is -2.12. The van der Waals surface area contributed by atoms with Crippen LogP contribution in [0.1, 0.15) is 87.8 Å². The van der Waals surface area contributed by atoms with Crippen molar-refractivity contribution in [2.75, 3.05) is 13.2 Å². The molecule has 0 aliphatic carbocycles. The summed E-state index contributed by atoms with van der Waals surface area (Å²) in [5, 5.41) is 37.2. The highest BCUT2D eigenvalue weighted by molar-refractivity contribution is 5.68. The second kappa shape index (κ2) is 17.8. The van der Waals surface area contributed by atoms with Gasteiger partial charge >= 0.3 is 11.9 Å². The lowest BCUT2D eigenvalue weighted by molar-refractivity contribution is -0.138. The molecule has 0 aliphatic heterocycles. The molecule has 0 atom stereocenters. The fraction of sp³-hybridized carbons (Fsp3) is 0.471. The molecule has 8 heteroatoms. The first-order chi connectivity index (χ1) is 19.3. The van der Waals surface area contributed by atoms with Gasteiger partial charge in [0.2, 0.25) is 0 Å². The van der Waals surface area contributed by atoms with E-state index in [0.29, 0.717) is 26.1 Å². The van der Waals surface area contributed by atoms with Gasteiger partial charge in [0.05, 0.1) is 12.5 Å². The van der Waals surface area contributed by atoms with Gasteiger partial charge in [-0.25, -0.2) is 0 Å². The number of hydrogen-bond acceptors (Lipinski definition) is 6. The first-order valence-electron chi connectivity index (χ1n) is 13.9. The van der Waals surface area contributed by atoms with Gasteiger partial charge < -0.3 is 29.9 Å². The molecule has 0 fully saturated rings. The van der Waals surface area contributed by atoms with Crippen molar-refractivity contribution in [1.29, 1.82) is 0 Å². The highest BCUT2D eigenvalue weighted by atomic mass is 16.5.